The Hall–Kier alpha value is -2.85. The van der Waals surface area contributed by atoms with E-state index in [1.165, 1.54) is 12.1 Å². The number of aromatic nitrogens is 3. The summed E-state index contributed by atoms with van der Waals surface area (Å²) in [5.41, 5.74) is 7.21. The standard InChI is InChI=1S/C19H17F2N5/c20-19(21,4-5-22)14-8-12(7-13(9-14)18(11-23)2-3-18)15-1-6-24-17-16(15)10-25-26-17/h1,6-10H,2-5,22H2,(H,24,25,26). The number of pyridine rings is 1. The normalized spacial score (nSPS) is 15.8. The first-order chi connectivity index (χ1) is 12.5. The van der Waals surface area contributed by atoms with Gasteiger partial charge in [0.05, 0.1) is 17.7 Å². The number of nitrogens with zero attached hydrogens (tertiary/aromatic N) is 3. The topological polar surface area (TPSA) is 91.4 Å². The lowest BCUT2D eigenvalue weighted by atomic mass is 9.89. The van der Waals surface area contributed by atoms with E-state index in [1.54, 1.807) is 18.5 Å². The van der Waals surface area contributed by atoms with Crippen LogP contribution in [0.15, 0.2) is 36.7 Å². The average Bonchev–Trinajstić information content (AvgIpc) is 3.30. The van der Waals surface area contributed by atoms with E-state index in [9.17, 15) is 14.0 Å². The summed E-state index contributed by atoms with van der Waals surface area (Å²) >= 11 is 0. The average molecular weight is 353 g/mol. The van der Waals surface area contributed by atoms with Crippen LogP contribution in [-0.2, 0) is 11.3 Å². The third-order valence-electron chi connectivity index (χ3n) is 5.00. The van der Waals surface area contributed by atoms with Gasteiger partial charge in [0.25, 0.3) is 5.92 Å². The van der Waals surface area contributed by atoms with Gasteiger partial charge in [0.15, 0.2) is 5.65 Å². The van der Waals surface area contributed by atoms with Gasteiger partial charge >= 0.3 is 0 Å². The molecule has 132 valence electrons. The van der Waals surface area contributed by atoms with Crippen LogP contribution in [0.3, 0.4) is 0 Å². The molecule has 0 amide bonds. The minimum atomic E-state index is -3.05. The van der Waals surface area contributed by atoms with E-state index in [0.717, 1.165) is 10.9 Å². The van der Waals surface area contributed by atoms with Gasteiger partial charge in [0, 0.05) is 23.6 Å². The molecule has 1 aliphatic rings. The lowest BCUT2D eigenvalue weighted by Gasteiger charge is -2.20. The van der Waals surface area contributed by atoms with E-state index in [0.29, 0.717) is 29.6 Å². The fraction of sp³-hybridized carbons (Fsp3) is 0.316. The van der Waals surface area contributed by atoms with Crippen LogP contribution in [0.25, 0.3) is 22.2 Å². The zero-order valence-corrected chi connectivity index (χ0v) is 14.0. The van der Waals surface area contributed by atoms with Crippen molar-refractivity contribution in [3.63, 3.8) is 0 Å². The molecule has 4 rings (SSSR count). The highest BCUT2D eigenvalue weighted by atomic mass is 19.3. The number of benzene rings is 1. The molecule has 0 saturated heterocycles. The van der Waals surface area contributed by atoms with Crippen LogP contribution in [-0.4, -0.2) is 21.7 Å². The summed E-state index contributed by atoms with van der Waals surface area (Å²) in [5, 5.41) is 17.0. The van der Waals surface area contributed by atoms with Gasteiger partial charge in [-0.05, 0) is 60.3 Å². The maximum Gasteiger partial charge on any atom is 0.274 e. The van der Waals surface area contributed by atoms with E-state index in [1.807, 2.05) is 6.07 Å². The second kappa shape index (κ2) is 5.85. The maximum atomic E-state index is 14.6. The molecule has 3 N–H and O–H groups in total. The number of fused-ring (bicyclic) bond motifs is 1. The van der Waals surface area contributed by atoms with Crippen molar-refractivity contribution in [2.24, 2.45) is 5.73 Å². The lowest BCUT2D eigenvalue weighted by Crippen LogP contribution is -2.19. The van der Waals surface area contributed by atoms with Crippen molar-refractivity contribution in [3.8, 4) is 17.2 Å². The molecule has 2 aromatic heterocycles. The van der Waals surface area contributed by atoms with Gasteiger partial charge in [0.2, 0.25) is 0 Å². The van der Waals surface area contributed by atoms with Crippen LogP contribution in [0.4, 0.5) is 8.78 Å². The second-order valence-electron chi connectivity index (χ2n) is 6.73. The number of nitriles is 1. The molecule has 0 aliphatic heterocycles. The Morgan fingerprint density at radius 2 is 2.12 bits per heavy atom. The third kappa shape index (κ3) is 2.63. The number of rotatable bonds is 5. The summed E-state index contributed by atoms with van der Waals surface area (Å²) in [4.78, 5) is 4.19. The Morgan fingerprint density at radius 1 is 1.31 bits per heavy atom. The van der Waals surface area contributed by atoms with Crippen molar-refractivity contribution < 1.29 is 8.78 Å². The van der Waals surface area contributed by atoms with Crippen molar-refractivity contribution in [1.29, 1.82) is 5.26 Å². The molecule has 1 aliphatic carbocycles. The Kier molecular flexibility index (Phi) is 3.74. The maximum absolute atomic E-state index is 14.6. The van der Waals surface area contributed by atoms with Crippen LogP contribution in [0.5, 0.6) is 0 Å². The number of nitrogens with two attached hydrogens (primary N) is 1. The van der Waals surface area contributed by atoms with Gasteiger partial charge in [-0.3, -0.25) is 5.10 Å². The number of aromatic amines is 1. The first-order valence-corrected chi connectivity index (χ1v) is 8.43. The molecule has 5 nitrogen and oxygen atoms in total. The van der Waals surface area contributed by atoms with Gasteiger partial charge in [-0.1, -0.05) is 0 Å². The predicted octanol–water partition coefficient (Wildman–Crippen LogP) is 3.62. The zero-order chi connectivity index (χ0) is 18.4. The zero-order valence-electron chi connectivity index (χ0n) is 14.0. The van der Waals surface area contributed by atoms with Gasteiger partial charge in [-0.25, -0.2) is 13.8 Å². The Labute approximate surface area is 148 Å². The molecular weight excluding hydrogens is 336 g/mol. The molecule has 0 radical (unpaired) electrons. The summed E-state index contributed by atoms with van der Waals surface area (Å²) in [6.45, 7) is -0.114. The van der Waals surface area contributed by atoms with E-state index in [4.69, 9.17) is 5.73 Å². The number of H-pyrrole nitrogens is 1. The van der Waals surface area contributed by atoms with E-state index in [-0.39, 0.29) is 12.1 Å². The van der Waals surface area contributed by atoms with Crippen LogP contribution in [0, 0.1) is 11.3 Å². The molecule has 1 fully saturated rings. The van der Waals surface area contributed by atoms with E-state index in [2.05, 4.69) is 21.3 Å². The molecule has 0 spiro atoms. The van der Waals surface area contributed by atoms with Gasteiger partial charge in [-0.2, -0.15) is 10.4 Å². The Bertz CT molecular complexity index is 1010. The Balaban J connectivity index is 1.93. The van der Waals surface area contributed by atoms with Crippen molar-refractivity contribution >= 4 is 11.0 Å². The fourth-order valence-electron chi connectivity index (χ4n) is 3.29. The number of nitrogens with one attached hydrogen (secondary N) is 1. The summed E-state index contributed by atoms with van der Waals surface area (Å²) in [7, 11) is 0. The molecule has 7 heteroatoms. The highest BCUT2D eigenvalue weighted by molar-refractivity contribution is 5.92. The number of halogens is 2. The van der Waals surface area contributed by atoms with Crippen LogP contribution >= 0.6 is 0 Å². The number of hydrogen-bond donors (Lipinski definition) is 2. The molecule has 1 aromatic carbocycles. The van der Waals surface area contributed by atoms with Crippen LogP contribution < -0.4 is 5.73 Å². The van der Waals surface area contributed by atoms with Crippen LogP contribution in [0.1, 0.15) is 30.4 Å². The number of alkyl halides is 2. The van der Waals surface area contributed by atoms with Gasteiger partial charge in [0.1, 0.15) is 0 Å². The second-order valence-corrected chi connectivity index (χ2v) is 6.73. The largest absolute Gasteiger partial charge is 0.330 e. The first-order valence-electron chi connectivity index (χ1n) is 8.43. The monoisotopic (exact) mass is 353 g/mol. The minimum Gasteiger partial charge on any atom is -0.330 e. The van der Waals surface area contributed by atoms with Gasteiger partial charge < -0.3 is 5.73 Å². The molecule has 0 atom stereocenters. The van der Waals surface area contributed by atoms with Crippen molar-refractivity contribution in [3.05, 3.63) is 47.8 Å². The predicted molar refractivity (Wildman–Crippen MR) is 93.4 cm³/mol. The summed E-state index contributed by atoms with van der Waals surface area (Å²) < 4.78 is 29.2. The van der Waals surface area contributed by atoms with Crippen molar-refractivity contribution in [1.82, 2.24) is 15.2 Å². The molecule has 3 aromatic rings. The third-order valence-corrected chi connectivity index (χ3v) is 5.00. The number of hydrogen-bond acceptors (Lipinski definition) is 4. The first kappa shape index (κ1) is 16.6. The summed E-state index contributed by atoms with van der Waals surface area (Å²) in [6.07, 6.45) is 4.17. The highest BCUT2D eigenvalue weighted by Gasteiger charge is 2.46. The fourth-order valence-corrected chi connectivity index (χ4v) is 3.29. The molecular formula is C19H17F2N5. The highest BCUT2D eigenvalue weighted by Crippen LogP contribution is 2.50. The van der Waals surface area contributed by atoms with E-state index >= 15 is 0 Å². The molecule has 0 unspecified atom stereocenters. The molecule has 1 saturated carbocycles. The summed E-state index contributed by atoms with van der Waals surface area (Å²) in [5.74, 6) is -3.05. The van der Waals surface area contributed by atoms with Gasteiger partial charge in [-0.15, -0.1) is 0 Å². The minimum absolute atomic E-state index is 0.106. The summed E-state index contributed by atoms with van der Waals surface area (Å²) in [6, 6.07) is 8.84. The smallest absolute Gasteiger partial charge is 0.274 e. The molecule has 0 bridgehead atoms. The van der Waals surface area contributed by atoms with Crippen molar-refractivity contribution in [2.75, 3.05) is 6.54 Å². The SMILES string of the molecule is N#CC1(c2cc(-c3ccnc4[nH]ncc34)cc(C(F)(F)CCN)c2)CC1. The lowest BCUT2D eigenvalue weighted by molar-refractivity contribution is -0.0107. The van der Waals surface area contributed by atoms with Crippen LogP contribution in [0.2, 0.25) is 0 Å². The molecule has 26 heavy (non-hydrogen) atoms. The van der Waals surface area contributed by atoms with Crippen molar-refractivity contribution in [2.45, 2.75) is 30.6 Å². The molecule has 2 heterocycles. The van der Waals surface area contributed by atoms with E-state index < -0.39 is 17.8 Å². The Morgan fingerprint density at radius 3 is 2.81 bits per heavy atom. The quantitative estimate of drug-likeness (QED) is 0.733.